The van der Waals surface area contributed by atoms with E-state index in [2.05, 4.69) is 29.3 Å². The molecular formula is C31H30F2N7O9P. The number of phosphoric ester groups is 1. The monoisotopic (exact) mass is 713 g/mol. The summed E-state index contributed by atoms with van der Waals surface area (Å²) in [4.78, 5) is 72.9. The van der Waals surface area contributed by atoms with Gasteiger partial charge in [-0.2, -0.15) is 0 Å². The van der Waals surface area contributed by atoms with Gasteiger partial charge in [0.15, 0.2) is 11.6 Å². The van der Waals surface area contributed by atoms with Gasteiger partial charge < -0.3 is 39.0 Å². The predicted molar refractivity (Wildman–Crippen MR) is 176 cm³/mol. The number of aromatic carboxylic acids is 1. The highest BCUT2D eigenvalue weighted by atomic mass is 31.2. The molecule has 6 heterocycles. The van der Waals surface area contributed by atoms with Crippen LogP contribution in [0.1, 0.15) is 16.8 Å². The van der Waals surface area contributed by atoms with Gasteiger partial charge >= 0.3 is 19.9 Å². The van der Waals surface area contributed by atoms with Gasteiger partial charge in [0.2, 0.25) is 12.2 Å². The smallest absolute Gasteiger partial charge is 0.472 e. The number of likely N-dealkylation sites (N-methyl/N-ethyl adjacent to an activating group) is 1. The number of aryl methyl sites for hydroxylation is 1. The third kappa shape index (κ3) is 5.54. The first-order chi connectivity index (χ1) is 23.6. The molecule has 2 aliphatic heterocycles. The molecule has 0 spiro atoms. The molecule has 0 unspecified atom stereocenters. The lowest BCUT2D eigenvalue weighted by atomic mass is 9.99. The second kappa shape index (κ2) is 12.1. The van der Waals surface area contributed by atoms with Gasteiger partial charge in [0, 0.05) is 75.6 Å². The first-order valence-corrected chi connectivity index (χ1v) is 16.8. The van der Waals surface area contributed by atoms with Crippen molar-refractivity contribution in [2.45, 2.75) is 12.5 Å². The first kappa shape index (κ1) is 33.5. The highest BCUT2D eigenvalue weighted by Crippen LogP contribution is 2.47. The van der Waals surface area contributed by atoms with Crippen molar-refractivity contribution < 1.29 is 47.1 Å². The van der Waals surface area contributed by atoms with Crippen LogP contribution >= 0.6 is 7.82 Å². The molecule has 50 heavy (non-hydrogen) atoms. The van der Waals surface area contributed by atoms with Gasteiger partial charge in [-0.3, -0.25) is 9.69 Å². The number of amides is 1. The minimum absolute atomic E-state index is 0.0167. The van der Waals surface area contributed by atoms with Crippen LogP contribution < -0.4 is 15.2 Å². The summed E-state index contributed by atoms with van der Waals surface area (Å²) in [5, 5.41) is 9.67. The number of carboxylic acids is 1. The van der Waals surface area contributed by atoms with E-state index >= 15 is 8.78 Å². The molecule has 7 rings (SSSR count). The van der Waals surface area contributed by atoms with E-state index in [1.807, 2.05) is 7.05 Å². The lowest BCUT2D eigenvalue weighted by molar-refractivity contribution is 0.0439. The SMILES string of the molecule is CN1C[C@@H]2CCN(c3c(-c4cnc5c(c4)c(=O)c(C(=O)O)cn5C)cnc4[nH]c5c(N(C)C(=O)OCOP(=O)(O)O)cc(F)c(F)c5c34)[C@@H]2C1. The third-order valence-corrected chi connectivity index (χ3v) is 9.80. The summed E-state index contributed by atoms with van der Waals surface area (Å²) >= 11 is 0. The number of carbonyl (C=O) groups is 2. The van der Waals surface area contributed by atoms with Crippen molar-refractivity contribution >= 4 is 64.2 Å². The average molecular weight is 714 g/mol. The number of H-pyrrole nitrogens is 1. The van der Waals surface area contributed by atoms with Crippen LogP contribution in [0.2, 0.25) is 0 Å². The predicted octanol–water partition coefficient (Wildman–Crippen LogP) is 3.39. The Morgan fingerprint density at radius 1 is 1.14 bits per heavy atom. The van der Waals surface area contributed by atoms with Crippen LogP contribution in [0.15, 0.2) is 35.5 Å². The first-order valence-electron chi connectivity index (χ1n) is 15.3. The molecule has 2 saturated heterocycles. The van der Waals surface area contributed by atoms with Crippen molar-refractivity contribution in [3.63, 3.8) is 0 Å². The highest BCUT2D eigenvalue weighted by molar-refractivity contribution is 7.46. The number of aromatic amines is 1. The quantitative estimate of drug-likeness (QED) is 0.141. The molecule has 0 radical (unpaired) electrons. The van der Waals surface area contributed by atoms with Gasteiger partial charge in [0.05, 0.1) is 33.1 Å². The number of aromatic nitrogens is 4. The van der Waals surface area contributed by atoms with Crippen LogP contribution in [0.5, 0.6) is 0 Å². The van der Waals surface area contributed by atoms with E-state index in [9.17, 15) is 24.1 Å². The van der Waals surface area contributed by atoms with Crippen molar-refractivity contribution in [2.75, 3.05) is 50.3 Å². The van der Waals surface area contributed by atoms with E-state index in [1.165, 1.54) is 36.3 Å². The van der Waals surface area contributed by atoms with Gasteiger partial charge in [-0.25, -0.2) is 37.4 Å². The largest absolute Gasteiger partial charge is 0.477 e. The fourth-order valence-corrected chi connectivity index (χ4v) is 7.34. The number of anilines is 2. The number of hydrogen-bond acceptors (Lipinski definition) is 10. The summed E-state index contributed by atoms with van der Waals surface area (Å²) in [5.41, 5.74) is 0.326. The summed E-state index contributed by atoms with van der Waals surface area (Å²) in [5.74, 6) is -3.65. The van der Waals surface area contributed by atoms with Crippen LogP contribution in [-0.2, 0) is 20.9 Å². The number of carbonyl (C=O) groups excluding carboxylic acids is 1. The summed E-state index contributed by atoms with van der Waals surface area (Å²) in [6, 6.07) is 2.27. The fraction of sp³-hybridized carbons (Fsp3) is 0.323. The summed E-state index contributed by atoms with van der Waals surface area (Å²) in [6.07, 6.45) is 3.84. The zero-order valence-electron chi connectivity index (χ0n) is 26.8. The number of carboxylic acid groups (broad SMARTS) is 1. The maximum atomic E-state index is 16.1. The van der Waals surface area contributed by atoms with E-state index in [-0.39, 0.29) is 50.6 Å². The van der Waals surface area contributed by atoms with E-state index in [0.717, 1.165) is 23.9 Å². The second-order valence-corrected chi connectivity index (χ2v) is 13.7. The maximum absolute atomic E-state index is 16.1. The minimum Gasteiger partial charge on any atom is -0.477 e. The van der Waals surface area contributed by atoms with E-state index in [0.29, 0.717) is 29.9 Å². The molecule has 2 fully saturated rings. The van der Waals surface area contributed by atoms with Crippen LogP contribution in [-0.4, -0.2) is 97.9 Å². The molecule has 0 bridgehead atoms. The van der Waals surface area contributed by atoms with Crippen LogP contribution in [0.3, 0.4) is 0 Å². The number of fused-ring (bicyclic) bond motifs is 5. The molecule has 19 heteroatoms. The number of halogens is 2. The molecule has 1 amide bonds. The van der Waals surface area contributed by atoms with Crippen molar-refractivity contribution in [3.05, 3.63) is 58.1 Å². The molecule has 2 aliphatic rings. The molecule has 5 aromatic rings. The molecule has 0 saturated carbocycles. The molecule has 4 aromatic heterocycles. The van der Waals surface area contributed by atoms with Crippen molar-refractivity contribution in [2.24, 2.45) is 13.0 Å². The average Bonchev–Trinajstić information content (AvgIpc) is 3.75. The third-order valence-electron chi connectivity index (χ3n) is 9.35. The number of benzene rings is 1. The normalized spacial score (nSPS) is 18.0. The molecule has 4 N–H and O–H groups in total. The summed E-state index contributed by atoms with van der Waals surface area (Å²) in [7, 11) is -0.196. The lowest BCUT2D eigenvalue weighted by Gasteiger charge is -2.29. The van der Waals surface area contributed by atoms with Gasteiger partial charge in [-0.15, -0.1) is 0 Å². The number of hydrogen-bond donors (Lipinski definition) is 4. The van der Waals surface area contributed by atoms with Gasteiger partial charge in [0.25, 0.3) is 0 Å². The van der Waals surface area contributed by atoms with Crippen molar-refractivity contribution in [1.29, 1.82) is 0 Å². The molecule has 16 nitrogen and oxygen atoms in total. The lowest BCUT2D eigenvalue weighted by Crippen LogP contribution is -2.35. The standard InChI is InChI=1S/C31H30F2N7O9P/c1-37-10-14-4-5-40(21(14)12-37)26-17(15-6-16-27(41)18(30(42)43)11-38(2)29(16)35-8-15)9-34-28-23(26)22-24(33)19(32)7-20(25(22)36-28)39(3)31(44)48-13-49-50(45,46)47/h6-9,11,14,21H,4-5,10,12-13H2,1-3H3,(H,34,36)(H,42,43)(H2,45,46,47)/t14-,21+/m0/s1. The Balaban J connectivity index is 1.47. The zero-order valence-corrected chi connectivity index (χ0v) is 27.6. The Kier molecular flexibility index (Phi) is 8.11. The number of nitrogens with one attached hydrogen (secondary N) is 1. The molecule has 2 atom stereocenters. The molecule has 262 valence electrons. The van der Waals surface area contributed by atoms with E-state index in [1.54, 1.807) is 7.05 Å². The van der Waals surface area contributed by atoms with Gasteiger partial charge in [-0.1, -0.05) is 0 Å². The van der Waals surface area contributed by atoms with Crippen molar-refractivity contribution in [3.8, 4) is 11.1 Å². The molecular weight excluding hydrogens is 683 g/mol. The topological polar surface area (TPSA) is 204 Å². The van der Waals surface area contributed by atoms with E-state index < -0.39 is 49.3 Å². The number of rotatable bonds is 7. The van der Waals surface area contributed by atoms with Crippen LogP contribution in [0.25, 0.3) is 44.1 Å². The number of likely N-dealkylation sites (tertiary alicyclic amines) is 1. The number of nitrogens with zero attached hydrogens (tertiary/aromatic N) is 6. The summed E-state index contributed by atoms with van der Waals surface area (Å²) < 4.78 is 53.0. The van der Waals surface area contributed by atoms with E-state index in [4.69, 9.17) is 14.5 Å². The minimum atomic E-state index is -4.96. The number of ether oxygens (including phenoxy) is 1. The maximum Gasteiger partial charge on any atom is 0.472 e. The molecule has 0 aliphatic carbocycles. The Labute approximate surface area is 280 Å². The van der Waals surface area contributed by atoms with Gasteiger partial charge in [-0.05, 0) is 25.5 Å². The van der Waals surface area contributed by atoms with Crippen molar-refractivity contribution in [1.82, 2.24) is 24.4 Å². The number of phosphoric acid groups is 1. The molecule has 1 aromatic carbocycles. The summed E-state index contributed by atoms with van der Waals surface area (Å²) in [6.45, 7) is 0.965. The highest BCUT2D eigenvalue weighted by Gasteiger charge is 2.42. The van der Waals surface area contributed by atoms with Crippen LogP contribution in [0, 0.1) is 17.6 Å². The van der Waals surface area contributed by atoms with Gasteiger partial charge in [0.1, 0.15) is 16.9 Å². The second-order valence-electron chi connectivity index (χ2n) is 12.4. The fourth-order valence-electron chi connectivity index (χ4n) is 7.15. The van der Waals surface area contributed by atoms with Crippen LogP contribution in [0.4, 0.5) is 25.0 Å². The number of pyridine rings is 3. The Bertz CT molecular complexity index is 2360. The zero-order chi connectivity index (χ0) is 35.8. The Morgan fingerprint density at radius 2 is 1.90 bits per heavy atom. The Hall–Kier alpha value is -5.00. The Morgan fingerprint density at radius 3 is 2.62 bits per heavy atom.